The lowest BCUT2D eigenvalue weighted by Gasteiger charge is -2.30. The number of rotatable bonds is 2. The summed E-state index contributed by atoms with van der Waals surface area (Å²) in [5.74, 6) is -0.368. The normalized spacial score (nSPS) is 15.6. The monoisotopic (exact) mass is 312 g/mol. The summed E-state index contributed by atoms with van der Waals surface area (Å²) in [7, 11) is 1.37. The van der Waals surface area contributed by atoms with Crippen molar-refractivity contribution in [3.05, 3.63) is 22.2 Å². The molecular weight excluding hydrogens is 296 g/mol. The van der Waals surface area contributed by atoms with E-state index in [1.54, 1.807) is 12.1 Å². The maximum atomic E-state index is 11.5. The first-order valence-corrected chi connectivity index (χ1v) is 6.85. The largest absolute Gasteiger partial charge is 0.465 e. The molecule has 2 rings (SSSR count). The molecular formula is C13H17BrN2O2. The number of hydrogen-bond acceptors (Lipinski definition) is 4. The number of benzene rings is 1. The smallest absolute Gasteiger partial charge is 0.337 e. The summed E-state index contributed by atoms with van der Waals surface area (Å²) in [6, 6.07) is 3.45. The summed E-state index contributed by atoms with van der Waals surface area (Å²) in [4.78, 5) is 13.8. The van der Waals surface area contributed by atoms with Gasteiger partial charge in [-0.15, -0.1) is 0 Å². The Kier molecular flexibility index (Phi) is 4.11. The molecule has 0 spiro atoms. The highest BCUT2D eigenvalue weighted by molar-refractivity contribution is 9.10. The van der Waals surface area contributed by atoms with Gasteiger partial charge in [0, 0.05) is 17.6 Å². The van der Waals surface area contributed by atoms with Crippen molar-refractivity contribution in [3.8, 4) is 0 Å². The van der Waals surface area contributed by atoms with E-state index in [1.165, 1.54) is 26.4 Å². The Morgan fingerprint density at radius 1 is 1.33 bits per heavy atom. The third-order valence-electron chi connectivity index (χ3n) is 3.19. The summed E-state index contributed by atoms with van der Waals surface area (Å²) in [6.07, 6.45) is 3.64. The molecule has 1 aromatic rings. The standard InChI is InChI=1S/C13H17BrN2O2/c1-18-13(17)9-7-10(14)12(11(15)8-9)16-5-3-2-4-6-16/h7-8H,2-6,15H2,1H3. The molecule has 18 heavy (non-hydrogen) atoms. The summed E-state index contributed by atoms with van der Waals surface area (Å²) >= 11 is 3.50. The number of carbonyl (C=O) groups is 1. The second kappa shape index (κ2) is 5.61. The molecule has 1 heterocycles. The lowest BCUT2D eigenvalue weighted by Crippen LogP contribution is -2.30. The first-order chi connectivity index (χ1) is 8.63. The van der Waals surface area contributed by atoms with Crippen LogP contribution in [0.1, 0.15) is 29.6 Å². The molecule has 0 amide bonds. The minimum Gasteiger partial charge on any atom is -0.465 e. The molecule has 5 heteroatoms. The molecule has 1 aliphatic rings. The third kappa shape index (κ3) is 2.61. The lowest BCUT2D eigenvalue weighted by atomic mass is 10.1. The molecule has 98 valence electrons. The van der Waals surface area contributed by atoms with Crippen LogP contribution >= 0.6 is 15.9 Å². The van der Waals surface area contributed by atoms with Gasteiger partial charge >= 0.3 is 5.97 Å². The number of nitrogens with two attached hydrogens (primary N) is 1. The van der Waals surface area contributed by atoms with Gasteiger partial charge in [-0.1, -0.05) is 0 Å². The van der Waals surface area contributed by atoms with Gasteiger partial charge in [-0.05, 0) is 47.3 Å². The Morgan fingerprint density at radius 2 is 2.00 bits per heavy atom. The van der Waals surface area contributed by atoms with Gasteiger partial charge < -0.3 is 15.4 Å². The number of ether oxygens (including phenoxy) is 1. The quantitative estimate of drug-likeness (QED) is 0.674. The van der Waals surface area contributed by atoms with Gasteiger partial charge in [-0.3, -0.25) is 0 Å². The summed E-state index contributed by atoms with van der Waals surface area (Å²) < 4.78 is 5.55. The average molecular weight is 313 g/mol. The summed E-state index contributed by atoms with van der Waals surface area (Å²) in [6.45, 7) is 2.03. The van der Waals surface area contributed by atoms with E-state index in [2.05, 4.69) is 20.8 Å². The average Bonchev–Trinajstić information content (AvgIpc) is 2.38. The van der Waals surface area contributed by atoms with E-state index in [0.29, 0.717) is 11.3 Å². The van der Waals surface area contributed by atoms with Gasteiger partial charge in [0.15, 0.2) is 0 Å². The Bertz CT molecular complexity index is 433. The van der Waals surface area contributed by atoms with Crippen LogP contribution in [0.3, 0.4) is 0 Å². The molecule has 0 atom stereocenters. The molecule has 0 saturated carbocycles. The van der Waals surface area contributed by atoms with Crippen LogP contribution in [-0.2, 0) is 4.74 Å². The minimum atomic E-state index is -0.368. The predicted octanol–water partition coefficient (Wildman–Crippen LogP) is 2.81. The molecule has 2 N–H and O–H groups in total. The van der Waals surface area contributed by atoms with Crippen molar-refractivity contribution in [1.29, 1.82) is 0 Å². The van der Waals surface area contributed by atoms with Crippen molar-refractivity contribution in [3.63, 3.8) is 0 Å². The number of anilines is 2. The van der Waals surface area contributed by atoms with Gasteiger partial charge in [0.05, 0.1) is 24.0 Å². The zero-order valence-electron chi connectivity index (χ0n) is 10.4. The molecule has 1 aromatic carbocycles. The predicted molar refractivity (Wildman–Crippen MR) is 76.0 cm³/mol. The van der Waals surface area contributed by atoms with Crippen molar-refractivity contribution >= 4 is 33.3 Å². The molecule has 0 aromatic heterocycles. The second-order valence-electron chi connectivity index (χ2n) is 4.44. The van der Waals surface area contributed by atoms with E-state index >= 15 is 0 Å². The van der Waals surface area contributed by atoms with Gasteiger partial charge in [-0.25, -0.2) is 4.79 Å². The first-order valence-electron chi connectivity index (χ1n) is 6.05. The number of esters is 1. The Hall–Kier alpha value is -1.23. The van der Waals surface area contributed by atoms with Crippen LogP contribution in [-0.4, -0.2) is 26.2 Å². The van der Waals surface area contributed by atoms with E-state index in [-0.39, 0.29) is 5.97 Å². The zero-order valence-corrected chi connectivity index (χ0v) is 12.0. The molecule has 0 unspecified atom stereocenters. The van der Waals surface area contributed by atoms with Crippen molar-refractivity contribution in [1.82, 2.24) is 0 Å². The van der Waals surface area contributed by atoms with Crippen molar-refractivity contribution in [2.75, 3.05) is 30.8 Å². The molecule has 0 radical (unpaired) electrons. The van der Waals surface area contributed by atoms with Crippen molar-refractivity contribution < 1.29 is 9.53 Å². The van der Waals surface area contributed by atoms with Gasteiger partial charge in [-0.2, -0.15) is 0 Å². The summed E-state index contributed by atoms with van der Waals surface area (Å²) in [5, 5.41) is 0. The first kappa shape index (κ1) is 13.2. The van der Waals surface area contributed by atoms with Crippen LogP contribution in [0.4, 0.5) is 11.4 Å². The van der Waals surface area contributed by atoms with Crippen LogP contribution in [0.25, 0.3) is 0 Å². The number of carbonyl (C=O) groups excluding carboxylic acids is 1. The van der Waals surface area contributed by atoms with Gasteiger partial charge in [0.25, 0.3) is 0 Å². The van der Waals surface area contributed by atoms with E-state index in [1.807, 2.05) is 0 Å². The second-order valence-corrected chi connectivity index (χ2v) is 5.29. The van der Waals surface area contributed by atoms with Crippen LogP contribution in [0, 0.1) is 0 Å². The number of halogens is 1. The minimum absolute atomic E-state index is 0.368. The van der Waals surface area contributed by atoms with Crippen molar-refractivity contribution in [2.45, 2.75) is 19.3 Å². The Morgan fingerprint density at radius 3 is 2.56 bits per heavy atom. The SMILES string of the molecule is COC(=O)c1cc(N)c(N2CCCCC2)c(Br)c1. The van der Waals surface area contributed by atoms with E-state index < -0.39 is 0 Å². The topological polar surface area (TPSA) is 55.6 Å². The van der Waals surface area contributed by atoms with Crippen LogP contribution in [0.15, 0.2) is 16.6 Å². The molecule has 1 saturated heterocycles. The van der Waals surface area contributed by atoms with Crippen LogP contribution in [0.5, 0.6) is 0 Å². The zero-order chi connectivity index (χ0) is 13.1. The van der Waals surface area contributed by atoms with Crippen molar-refractivity contribution in [2.24, 2.45) is 0 Å². The molecule has 1 aliphatic heterocycles. The van der Waals surface area contributed by atoms with Gasteiger partial charge in [0.1, 0.15) is 0 Å². The third-order valence-corrected chi connectivity index (χ3v) is 3.79. The fraction of sp³-hybridized carbons (Fsp3) is 0.462. The number of nitrogen functional groups attached to an aromatic ring is 1. The number of hydrogen-bond donors (Lipinski definition) is 1. The maximum absolute atomic E-state index is 11.5. The van der Waals surface area contributed by atoms with Gasteiger partial charge in [0.2, 0.25) is 0 Å². The highest BCUT2D eigenvalue weighted by Gasteiger charge is 2.19. The summed E-state index contributed by atoms with van der Waals surface area (Å²) in [5.41, 5.74) is 8.15. The number of nitrogens with zero attached hydrogens (tertiary/aromatic N) is 1. The van der Waals surface area contributed by atoms with Crippen LogP contribution in [0.2, 0.25) is 0 Å². The Labute approximate surface area is 115 Å². The fourth-order valence-electron chi connectivity index (χ4n) is 2.31. The Balaban J connectivity index is 2.34. The fourth-order valence-corrected chi connectivity index (χ4v) is 3.03. The van der Waals surface area contributed by atoms with E-state index in [4.69, 9.17) is 10.5 Å². The molecule has 0 bridgehead atoms. The number of piperidine rings is 1. The number of methoxy groups -OCH3 is 1. The lowest BCUT2D eigenvalue weighted by molar-refractivity contribution is 0.0600. The van der Waals surface area contributed by atoms with Crippen LogP contribution < -0.4 is 10.6 Å². The highest BCUT2D eigenvalue weighted by atomic mass is 79.9. The molecule has 0 aliphatic carbocycles. The highest BCUT2D eigenvalue weighted by Crippen LogP contribution is 2.35. The molecule has 1 fully saturated rings. The maximum Gasteiger partial charge on any atom is 0.337 e. The van der Waals surface area contributed by atoms with E-state index in [9.17, 15) is 4.79 Å². The molecule has 4 nitrogen and oxygen atoms in total. The van der Waals surface area contributed by atoms with E-state index in [0.717, 1.165) is 23.2 Å².